The molecule has 0 aliphatic rings. The highest BCUT2D eigenvalue weighted by atomic mass is 16.2. The van der Waals surface area contributed by atoms with Gasteiger partial charge in [-0.05, 0) is 29.5 Å². The van der Waals surface area contributed by atoms with Gasteiger partial charge in [0.05, 0.1) is 0 Å². The van der Waals surface area contributed by atoms with Gasteiger partial charge in [0.15, 0.2) is 0 Å². The maximum absolute atomic E-state index is 11.4. The van der Waals surface area contributed by atoms with Crippen molar-refractivity contribution in [3.8, 4) is 0 Å². The fraction of sp³-hybridized carbons (Fsp3) is 0.240. The van der Waals surface area contributed by atoms with Crippen LogP contribution >= 0.6 is 0 Å². The molecule has 3 aromatic rings. The maximum Gasteiger partial charge on any atom is 0.233 e. The summed E-state index contributed by atoms with van der Waals surface area (Å²) in [4.78, 5) is 11.4. The highest BCUT2D eigenvalue weighted by Gasteiger charge is 2.35. The van der Waals surface area contributed by atoms with Gasteiger partial charge in [-0.3, -0.25) is 10.2 Å². The predicted molar refractivity (Wildman–Crippen MR) is 115 cm³/mol. The van der Waals surface area contributed by atoms with Crippen molar-refractivity contribution < 1.29 is 4.79 Å². The predicted octanol–water partition coefficient (Wildman–Crippen LogP) is 4.96. The Bertz CT molecular complexity index is 751. The molecule has 0 aromatic heterocycles. The Morgan fingerprint density at radius 2 is 1.11 bits per heavy atom. The van der Waals surface area contributed by atoms with Crippen molar-refractivity contribution >= 4 is 5.91 Å². The van der Waals surface area contributed by atoms with E-state index in [9.17, 15) is 4.79 Å². The quantitative estimate of drug-likeness (QED) is 0.183. The van der Waals surface area contributed by atoms with Crippen LogP contribution in [0.15, 0.2) is 91.0 Å². The second kappa shape index (κ2) is 9.86. The third-order valence-corrected chi connectivity index (χ3v) is 5.42. The first kappa shape index (κ1) is 19.8. The number of nitrogens with two attached hydrogens (primary N) is 1. The average Bonchev–Trinajstić information content (AvgIpc) is 2.78. The molecule has 0 heterocycles. The normalized spacial score (nSPS) is 11.2. The molecule has 0 saturated heterocycles. The van der Waals surface area contributed by atoms with Crippen LogP contribution in [-0.2, 0) is 10.2 Å². The van der Waals surface area contributed by atoms with Crippen LogP contribution in [0.5, 0.6) is 0 Å². The lowest BCUT2D eigenvalue weighted by molar-refractivity contribution is -0.121. The van der Waals surface area contributed by atoms with E-state index in [-0.39, 0.29) is 11.3 Å². The smallest absolute Gasteiger partial charge is 0.233 e. The number of hydrogen-bond donors (Lipinski definition) is 2. The van der Waals surface area contributed by atoms with Crippen molar-refractivity contribution in [2.45, 2.75) is 37.5 Å². The summed E-state index contributed by atoms with van der Waals surface area (Å²) >= 11 is 0. The van der Waals surface area contributed by atoms with Crippen molar-refractivity contribution in [2.24, 2.45) is 5.84 Å². The first-order valence-electron chi connectivity index (χ1n) is 9.93. The van der Waals surface area contributed by atoms with Gasteiger partial charge in [0.1, 0.15) is 0 Å². The van der Waals surface area contributed by atoms with Gasteiger partial charge < -0.3 is 0 Å². The Morgan fingerprint density at radius 1 is 0.679 bits per heavy atom. The van der Waals surface area contributed by atoms with Gasteiger partial charge in [-0.25, -0.2) is 5.84 Å². The van der Waals surface area contributed by atoms with Crippen LogP contribution in [0.3, 0.4) is 0 Å². The molecule has 0 saturated carbocycles. The minimum Gasteiger partial charge on any atom is -0.294 e. The molecule has 1 amide bonds. The lowest BCUT2D eigenvalue weighted by Gasteiger charge is -2.36. The van der Waals surface area contributed by atoms with E-state index in [2.05, 4.69) is 96.4 Å². The largest absolute Gasteiger partial charge is 0.294 e. The molecule has 144 valence electrons. The molecule has 0 aliphatic heterocycles. The Labute approximate surface area is 167 Å². The summed E-state index contributed by atoms with van der Waals surface area (Å²) in [5.74, 6) is 5.09. The Hall–Kier alpha value is -2.91. The van der Waals surface area contributed by atoms with Gasteiger partial charge >= 0.3 is 0 Å². The van der Waals surface area contributed by atoms with Crippen LogP contribution in [-0.4, -0.2) is 5.91 Å². The fourth-order valence-corrected chi connectivity index (χ4v) is 4.03. The molecule has 0 spiro atoms. The first-order chi connectivity index (χ1) is 13.8. The number of unbranched alkanes of at least 4 members (excludes halogenated alkanes) is 2. The van der Waals surface area contributed by atoms with Crippen LogP contribution in [0.25, 0.3) is 0 Å². The molecule has 0 fully saturated rings. The third kappa shape index (κ3) is 4.49. The fourth-order valence-electron chi connectivity index (χ4n) is 4.03. The maximum atomic E-state index is 11.4. The SMILES string of the molecule is NNC(=O)CCCCCC(c1ccccc1)(c1ccccc1)c1ccccc1. The van der Waals surface area contributed by atoms with Crippen molar-refractivity contribution in [3.63, 3.8) is 0 Å². The van der Waals surface area contributed by atoms with Gasteiger partial charge in [-0.2, -0.15) is 0 Å². The van der Waals surface area contributed by atoms with E-state index >= 15 is 0 Å². The molecule has 0 unspecified atom stereocenters. The average molecular weight is 373 g/mol. The minimum atomic E-state index is -0.208. The molecule has 3 nitrogen and oxygen atoms in total. The standard InChI is InChI=1S/C25H28N2O/c26-27-24(28)19-11-4-12-20-25(21-13-5-1-6-14-21,22-15-7-2-8-16-22)23-17-9-3-10-18-23/h1-3,5-10,13-18H,4,11-12,19-20,26H2,(H,27,28). The molecular weight excluding hydrogens is 344 g/mol. The topological polar surface area (TPSA) is 55.1 Å². The first-order valence-corrected chi connectivity index (χ1v) is 9.93. The minimum absolute atomic E-state index is 0.0968. The number of nitrogens with one attached hydrogen (secondary N) is 1. The zero-order valence-corrected chi connectivity index (χ0v) is 16.2. The summed E-state index contributed by atoms with van der Waals surface area (Å²) in [6.45, 7) is 0. The second-order valence-corrected chi connectivity index (χ2v) is 7.13. The summed E-state index contributed by atoms with van der Waals surface area (Å²) in [7, 11) is 0. The summed E-state index contributed by atoms with van der Waals surface area (Å²) in [5.41, 5.74) is 5.90. The van der Waals surface area contributed by atoms with Gasteiger partial charge in [0.25, 0.3) is 0 Å². The van der Waals surface area contributed by atoms with Crippen LogP contribution in [0.4, 0.5) is 0 Å². The van der Waals surface area contributed by atoms with E-state index < -0.39 is 0 Å². The van der Waals surface area contributed by atoms with Gasteiger partial charge in [-0.15, -0.1) is 0 Å². The van der Waals surface area contributed by atoms with Gasteiger partial charge in [0, 0.05) is 11.8 Å². The zero-order valence-electron chi connectivity index (χ0n) is 16.2. The van der Waals surface area contributed by atoms with Crippen molar-refractivity contribution in [1.82, 2.24) is 5.43 Å². The highest BCUT2D eigenvalue weighted by Crippen LogP contribution is 2.43. The molecular formula is C25H28N2O. The van der Waals surface area contributed by atoms with Crippen LogP contribution < -0.4 is 11.3 Å². The van der Waals surface area contributed by atoms with E-state index in [1.807, 2.05) is 0 Å². The molecule has 3 aromatic carbocycles. The molecule has 0 aliphatic carbocycles. The molecule has 0 radical (unpaired) electrons. The van der Waals surface area contributed by atoms with Crippen molar-refractivity contribution in [2.75, 3.05) is 0 Å². The summed E-state index contributed by atoms with van der Waals surface area (Å²) in [5, 5.41) is 0. The number of hydrazine groups is 1. The molecule has 28 heavy (non-hydrogen) atoms. The monoisotopic (exact) mass is 372 g/mol. The van der Waals surface area contributed by atoms with Crippen LogP contribution in [0.1, 0.15) is 48.8 Å². The van der Waals surface area contributed by atoms with E-state index in [4.69, 9.17) is 5.84 Å². The molecule has 0 bridgehead atoms. The second-order valence-electron chi connectivity index (χ2n) is 7.13. The lowest BCUT2D eigenvalue weighted by atomic mass is 9.66. The summed E-state index contributed by atoms with van der Waals surface area (Å²) in [6, 6.07) is 32.2. The zero-order chi connectivity index (χ0) is 19.7. The number of hydrogen-bond acceptors (Lipinski definition) is 2. The molecule has 3 heteroatoms. The van der Waals surface area contributed by atoms with E-state index in [0.29, 0.717) is 6.42 Å². The van der Waals surface area contributed by atoms with Gasteiger partial charge in [0.2, 0.25) is 5.91 Å². The Balaban J connectivity index is 1.96. The van der Waals surface area contributed by atoms with Crippen LogP contribution in [0.2, 0.25) is 0 Å². The third-order valence-electron chi connectivity index (χ3n) is 5.42. The number of amides is 1. The highest BCUT2D eigenvalue weighted by molar-refractivity contribution is 5.75. The number of carbonyl (C=O) groups excluding carboxylic acids is 1. The van der Waals surface area contributed by atoms with E-state index in [1.165, 1.54) is 16.7 Å². The number of carbonyl (C=O) groups is 1. The molecule has 0 atom stereocenters. The summed E-state index contributed by atoms with van der Waals surface area (Å²) < 4.78 is 0. The van der Waals surface area contributed by atoms with Crippen molar-refractivity contribution in [3.05, 3.63) is 108 Å². The van der Waals surface area contributed by atoms with E-state index in [1.54, 1.807) is 0 Å². The van der Waals surface area contributed by atoms with Crippen molar-refractivity contribution in [1.29, 1.82) is 0 Å². The Morgan fingerprint density at radius 3 is 1.50 bits per heavy atom. The Kier molecular flexibility index (Phi) is 6.99. The van der Waals surface area contributed by atoms with Gasteiger partial charge in [-0.1, -0.05) is 104 Å². The number of rotatable bonds is 9. The van der Waals surface area contributed by atoms with Crippen LogP contribution in [0, 0.1) is 0 Å². The molecule has 3 rings (SSSR count). The summed E-state index contributed by atoms with van der Waals surface area (Å²) in [6.07, 6.45) is 4.32. The van der Waals surface area contributed by atoms with E-state index in [0.717, 1.165) is 25.7 Å². The molecule has 3 N–H and O–H groups in total. The number of benzene rings is 3. The lowest BCUT2D eigenvalue weighted by Crippen LogP contribution is -2.30.